The minimum absolute atomic E-state index is 0. The van der Waals surface area contributed by atoms with Crippen LogP contribution < -0.4 is 10.6 Å². The lowest BCUT2D eigenvalue weighted by Gasteiger charge is -2.19. The van der Waals surface area contributed by atoms with Gasteiger partial charge in [0.25, 0.3) is 0 Å². The van der Waals surface area contributed by atoms with Crippen molar-refractivity contribution in [3.8, 4) is 5.82 Å². The summed E-state index contributed by atoms with van der Waals surface area (Å²) in [7, 11) is 0. The molecular weight excluding hydrogens is 518 g/mol. The monoisotopic (exact) mass is 548 g/mol. The van der Waals surface area contributed by atoms with Gasteiger partial charge in [0.1, 0.15) is 5.82 Å². The molecule has 2 N–H and O–H groups in total. The Bertz CT molecular complexity index is 1070. The first-order valence-electron chi connectivity index (χ1n) is 10.8. The number of rotatable bonds is 7. The Morgan fingerprint density at radius 3 is 2.53 bits per heavy atom. The maximum atomic E-state index is 14.3. The first kappa shape index (κ1) is 24.2. The van der Waals surface area contributed by atoms with Crippen molar-refractivity contribution in [2.45, 2.75) is 45.6 Å². The van der Waals surface area contributed by atoms with Gasteiger partial charge in [0.15, 0.2) is 11.8 Å². The lowest BCUT2D eigenvalue weighted by molar-refractivity contribution is 0.559. The van der Waals surface area contributed by atoms with E-state index in [9.17, 15) is 4.39 Å². The molecule has 2 aromatic heterocycles. The summed E-state index contributed by atoms with van der Waals surface area (Å²) < 4.78 is 16.1. The number of halogens is 2. The summed E-state index contributed by atoms with van der Waals surface area (Å²) >= 11 is 0. The van der Waals surface area contributed by atoms with E-state index < -0.39 is 0 Å². The van der Waals surface area contributed by atoms with E-state index in [-0.39, 0.29) is 35.2 Å². The quantitative estimate of drug-likeness (QED) is 0.261. The Morgan fingerprint density at radius 1 is 1.16 bits per heavy atom. The Morgan fingerprint density at radius 2 is 1.94 bits per heavy atom. The van der Waals surface area contributed by atoms with Gasteiger partial charge in [-0.3, -0.25) is 0 Å². The number of nitrogens with one attached hydrogen (secondary N) is 2. The Kier molecular flexibility index (Phi) is 7.86. The molecular formula is C24H30FIN6. The highest BCUT2D eigenvalue weighted by Crippen LogP contribution is 2.48. The second-order valence-electron chi connectivity index (χ2n) is 8.17. The largest absolute Gasteiger partial charge is 0.357 e. The molecule has 1 aliphatic carbocycles. The molecule has 0 amide bonds. The molecule has 170 valence electrons. The van der Waals surface area contributed by atoms with Crippen molar-refractivity contribution in [3.05, 3.63) is 77.0 Å². The summed E-state index contributed by atoms with van der Waals surface area (Å²) in [6.45, 7) is 7.95. The molecule has 1 fully saturated rings. The SMILES string of the molecule is CCNC(=NCc1ccc(-n2nc(C)cc2C)nc1)NCC1(c2ccccc2F)CC1.I. The van der Waals surface area contributed by atoms with Crippen molar-refractivity contribution in [2.24, 2.45) is 4.99 Å². The van der Waals surface area contributed by atoms with Crippen molar-refractivity contribution in [3.63, 3.8) is 0 Å². The molecule has 6 nitrogen and oxygen atoms in total. The number of aryl methyl sites for hydroxylation is 2. The number of guanidine groups is 1. The van der Waals surface area contributed by atoms with E-state index in [1.54, 1.807) is 6.07 Å². The van der Waals surface area contributed by atoms with Crippen LogP contribution in [0.3, 0.4) is 0 Å². The van der Waals surface area contributed by atoms with Gasteiger partial charge in [0.05, 0.1) is 12.2 Å². The normalized spacial score (nSPS) is 14.6. The summed E-state index contributed by atoms with van der Waals surface area (Å²) in [5, 5.41) is 11.2. The molecule has 4 rings (SSSR count). The van der Waals surface area contributed by atoms with Crippen LogP contribution in [-0.2, 0) is 12.0 Å². The number of benzene rings is 1. The van der Waals surface area contributed by atoms with Gasteiger partial charge < -0.3 is 10.6 Å². The average molecular weight is 548 g/mol. The van der Waals surface area contributed by atoms with E-state index in [0.29, 0.717) is 13.1 Å². The smallest absolute Gasteiger partial charge is 0.191 e. The molecule has 2 heterocycles. The van der Waals surface area contributed by atoms with Crippen LogP contribution >= 0.6 is 24.0 Å². The third kappa shape index (κ3) is 5.46. The van der Waals surface area contributed by atoms with Crippen molar-refractivity contribution in [1.82, 2.24) is 25.4 Å². The maximum Gasteiger partial charge on any atom is 0.191 e. The highest BCUT2D eigenvalue weighted by Gasteiger charge is 2.45. The van der Waals surface area contributed by atoms with Gasteiger partial charge in [0, 0.05) is 30.4 Å². The van der Waals surface area contributed by atoms with Crippen LogP contribution in [0.5, 0.6) is 0 Å². The predicted octanol–water partition coefficient (Wildman–Crippen LogP) is 4.43. The molecule has 32 heavy (non-hydrogen) atoms. The standard InChI is InChI=1S/C24H29FN6.HI/c1-4-26-23(29-16-24(11-12-24)20-7-5-6-8-21(20)25)28-15-19-9-10-22(27-14-19)31-18(3)13-17(2)30-31;/h5-10,13-14H,4,11-12,15-16H2,1-3H3,(H2,26,28,29);1H. The summed E-state index contributed by atoms with van der Waals surface area (Å²) in [4.78, 5) is 9.23. The minimum Gasteiger partial charge on any atom is -0.357 e. The minimum atomic E-state index is -0.134. The number of hydrogen-bond donors (Lipinski definition) is 2. The Hall–Kier alpha value is -2.49. The van der Waals surface area contributed by atoms with Gasteiger partial charge in [-0.25, -0.2) is 19.0 Å². The van der Waals surface area contributed by atoms with Crippen LogP contribution in [0.2, 0.25) is 0 Å². The van der Waals surface area contributed by atoms with Gasteiger partial charge in [-0.05, 0) is 62.9 Å². The highest BCUT2D eigenvalue weighted by atomic mass is 127. The van der Waals surface area contributed by atoms with Gasteiger partial charge in [0.2, 0.25) is 0 Å². The predicted molar refractivity (Wildman–Crippen MR) is 136 cm³/mol. The van der Waals surface area contributed by atoms with Gasteiger partial charge in [-0.1, -0.05) is 24.3 Å². The van der Waals surface area contributed by atoms with Crippen molar-refractivity contribution >= 4 is 29.9 Å². The second kappa shape index (κ2) is 10.4. The molecule has 1 saturated carbocycles. The average Bonchev–Trinajstić information content (AvgIpc) is 3.48. The van der Waals surface area contributed by atoms with Gasteiger partial charge in [-0.2, -0.15) is 5.10 Å². The molecule has 0 spiro atoms. The second-order valence-corrected chi connectivity index (χ2v) is 8.17. The zero-order valence-electron chi connectivity index (χ0n) is 18.7. The first-order valence-corrected chi connectivity index (χ1v) is 10.8. The molecule has 0 bridgehead atoms. The number of nitrogens with zero attached hydrogens (tertiary/aromatic N) is 4. The maximum absolute atomic E-state index is 14.3. The van der Waals surface area contributed by atoms with E-state index in [4.69, 9.17) is 4.99 Å². The molecule has 8 heteroatoms. The Balaban J connectivity index is 0.00000289. The molecule has 1 aliphatic rings. The zero-order chi connectivity index (χ0) is 21.8. The van der Waals surface area contributed by atoms with Gasteiger partial charge in [-0.15, -0.1) is 24.0 Å². The van der Waals surface area contributed by atoms with Crippen molar-refractivity contribution in [2.75, 3.05) is 13.1 Å². The van der Waals surface area contributed by atoms with Crippen LogP contribution in [0.25, 0.3) is 5.82 Å². The summed E-state index contributed by atoms with van der Waals surface area (Å²) in [6, 6.07) is 13.1. The molecule has 0 unspecified atom stereocenters. The topological polar surface area (TPSA) is 67.1 Å². The van der Waals surface area contributed by atoms with Crippen molar-refractivity contribution < 1.29 is 4.39 Å². The number of aliphatic imine (C=N–C) groups is 1. The molecule has 1 aromatic carbocycles. The zero-order valence-corrected chi connectivity index (χ0v) is 21.1. The highest BCUT2D eigenvalue weighted by molar-refractivity contribution is 14.0. The molecule has 0 aliphatic heterocycles. The third-order valence-corrected chi connectivity index (χ3v) is 5.69. The van der Waals surface area contributed by atoms with Crippen LogP contribution in [0.15, 0.2) is 53.7 Å². The first-order chi connectivity index (χ1) is 15.0. The van der Waals surface area contributed by atoms with E-state index in [0.717, 1.165) is 53.7 Å². The van der Waals surface area contributed by atoms with Gasteiger partial charge >= 0.3 is 0 Å². The summed E-state index contributed by atoms with van der Waals surface area (Å²) in [6.07, 6.45) is 3.80. The molecule has 0 saturated heterocycles. The number of aromatic nitrogens is 3. The third-order valence-electron chi connectivity index (χ3n) is 5.69. The fourth-order valence-corrected chi connectivity index (χ4v) is 3.84. The van der Waals surface area contributed by atoms with Crippen LogP contribution in [-0.4, -0.2) is 33.8 Å². The van der Waals surface area contributed by atoms with E-state index in [2.05, 4.69) is 20.7 Å². The van der Waals surface area contributed by atoms with Crippen LogP contribution in [0.1, 0.15) is 42.3 Å². The fourth-order valence-electron chi connectivity index (χ4n) is 3.84. The lowest BCUT2D eigenvalue weighted by Crippen LogP contribution is -2.41. The fraction of sp³-hybridized carbons (Fsp3) is 0.375. The Labute approximate surface area is 205 Å². The molecule has 0 atom stereocenters. The molecule has 3 aromatic rings. The van der Waals surface area contributed by atoms with Crippen LogP contribution in [0.4, 0.5) is 4.39 Å². The van der Waals surface area contributed by atoms with Crippen LogP contribution in [0, 0.1) is 19.7 Å². The van der Waals surface area contributed by atoms with E-state index in [1.165, 1.54) is 6.07 Å². The lowest BCUT2D eigenvalue weighted by atomic mass is 9.95. The summed E-state index contributed by atoms with van der Waals surface area (Å²) in [5.74, 6) is 1.40. The number of pyridine rings is 1. The number of hydrogen-bond acceptors (Lipinski definition) is 3. The van der Waals surface area contributed by atoms with Crippen molar-refractivity contribution in [1.29, 1.82) is 0 Å². The van der Waals surface area contributed by atoms with E-state index in [1.807, 2.05) is 62.0 Å². The van der Waals surface area contributed by atoms with E-state index >= 15 is 0 Å². The summed E-state index contributed by atoms with van der Waals surface area (Å²) in [5.41, 5.74) is 3.70. The molecule has 0 radical (unpaired) electrons.